The lowest BCUT2D eigenvalue weighted by molar-refractivity contribution is -0.147. The number of hydrogen-bond donors (Lipinski definition) is 2. The van der Waals surface area contributed by atoms with E-state index in [1.807, 2.05) is 0 Å². The van der Waals surface area contributed by atoms with E-state index in [0.717, 1.165) is 0 Å². The van der Waals surface area contributed by atoms with Crippen LogP contribution in [0.1, 0.15) is 31.4 Å². The Kier molecular flexibility index (Phi) is 7.40. The second-order valence-corrected chi connectivity index (χ2v) is 5.44. The molecule has 0 unspecified atom stereocenters. The van der Waals surface area contributed by atoms with Crippen molar-refractivity contribution in [2.45, 2.75) is 38.6 Å². The van der Waals surface area contributed by atoms with Crippen molar-refractivity contribution in [2.24, 2.45) is 5.92 Å². The van der Waals surface area contributed by atoms with Crippen molar-refractivity contribution in [3.8, 4) is 5.75 Å². The summed E-state index contributed by atoms with van der Waals surface area (Å²) in [6.07, 6.45) is -5.92. The van der Waals surface area contributed by atoms with Gasteiger partial charge in [-0.2, -0.15) is 22.0 Å². The Morgan fingerprint density at radius 1 is 1.33 bits per heavy atom. The predicted octanol–water partition coefficient (Wildman–Crippen LogP) is 3.77. The van der Waals surface area contributed by atoms with E-state index in [-0.39, 0.29) is 5.75 Å². The zero-order valence-electron chi connectivity index (χ0n) is 12.8. The minimum absolute atomic E-state index is 0.144. The van der Waals surface area contributed by atoms with E-state index in [1.54, 1.807) is 0 Å². The first kappa shape index (κ1) is 20.1. The van der Waals surface area contributed by atoms with Crippen LogP contribution in [0.15, 0.2) is 24.3 Å². The van der Waals surface area contributed by atoms with Gasteiger partial charge in [0, 0.05) is 12.8 Å². The Bertz CT molecular complexity index is 536. The van der Waals surface area contributed by atoms with Gasteiger partial charge in [0.2, 0.25) is 5.91 Å². The number of ether oxygens (including phenoxy) is 1. The highest BCUT2D eigenvalue weighted by Crippen LogP contribution is 2.26. The third-order valence-corrected chi connectivity index (χ3v) is 3.11. The number of phenols is 1. The molecule has 136 valence electrons. The van der Waals surface area contributed by atoms with Gasteiger partial charge < -0.3 is 15.2 Å². The maximum absolute atomic E-state index is 12.3. The number of carbonyl (C=O) groups excluding carboxylic acids is 1. The number of benzene rings is 1. The standard InChI is InChI=1S/C15H18F5NO3/c1-9(7-15(18,19)20)5-13(23)21-12(8-24-14(16)17)10-3-2-4-11(22)6-10/h2-4,6,9,12,14,22H,5,7-8H2,1H3,(H,21,23)/t9-,12-/m0/s1. The maximum atomic E-state index is 12.3. The minimum atomic E-state index is -4.39. The van der Waals surface area contributed by atoms with E-state index in [2.05, 4.69) is 10.1 Å². The predicted molar refractivity (Wildman–Crippen MR) is 75.4 cm³/mol. The van der Waals surface area contributed by atoms with Crippen molar-refractivity contribution in [1.29, 1.82) is 0 Å². The van der Waals surface area contributed by atoms with E-state index in [9.17, 15) is 31.9 Å². The van der Waals surface area contributed by atoms with E-state index in [1.165, 1.54) is 31.2 Å². The van der Waals surface area contributed by atoms with Crippen molar-refractivity contribution in [3.05, 3.63) is 29.8 Å². The summed E-state index contributed by atoms with van der Waals surface area (Å²) >= 11 is 0. The number of rotatable bonds is 8. The molecular formula is C15H18F5NO3. The molecule has 1 aromatic carbocycles. The molecule has 0 aliphatic carbocycles. The number of phenolic OH excluding ortho intramolecular Hbond substituents is 1. The van der Waals surface area contributed by atoms with Gasteiger partial charge in [-0.3, -0.25) is 4.79 Å². The quantitative estimate of drug-likeness (QED) is 0.698. The molecule has 2 atom stereocenters. The summed E-state index contributed by atoms with van der Waals surface area (Å²) in [6.45, 7) is -2.38. The third kappa shape index (κ3) is 8.09. The maximum Gasteiger partial charge on any atom is 0.389 e. The second-order valence-electron chi connectivity index (χ2n) is 5.44. The van der Waals surface area contributed by atoms with E-state index >= 15 is 0 Å². The molecule has 0 radical (unpaired) electrons. The first-order valence-electron chi connectivity index (χ1n) is 7.11. The fraction of sp³-hybridized carbons (Fsp3) is 0.533. The number of halogens is 5. The summed E-state index contributed by atoms with van der Waals surface area (Å²) in [5, 5.41) is 11.8. The fourth-order valence-corrected chi connectivity index (χ4v) is 2.17. The highest BCUT2D eigenvalue weighted by atomic mass is 19.4. The monoisotopic (exact) mass is 355 g/mol. The lowest BCUT2D eigenvalue weighted by Gasteiger charge is -2.21. The first-order chi connectivity index (χ1) is 11.1. The summed E-state index contributed by atoms with van der Waals surface area (Å²) in [5.74, 6) is -1.82. The van der Waals surface area contributed by atoms with E-state index < -0.39 is 50.1 Å². The van der Waals surface area contributed by atoms with E-state index in [4.69, 9.17) is 0 Å². The topological polar surface area (TPSA) is 58.6 Å². The third-order valence-electron chi connectivity index (χ3n) is 3.11. The fourth-order valence-electron chi connectivity index (χ4n) is 2.17. The van der Waals surface area contributed by atoms with Gasteiger partial charge in [0.25, 0.3) is 0 Å². The molecule has 0 aromatic heterocycles. The van der Waals surface area contributed by atoms with Crippen LogP contribution in [0.25, 0.3) is 0 Å². The number of hydrogen-bond acceptors (Lipinski definition) is 3. The number of aromatic hydroxyl groups is 1. The lowest BCUT2D eigenvalue weighted by atomic mass is 10.0. The van der Waals surface area contributed by atoms with Crippen LogP contribution in [0.3, 0.4) is 0 Å². The molecule has 0 spiro atoms. The summed E-state index contributed by atoms with van der Waals surface area (Å²) in [5.41, 5.74) is 0.299. The average molecular weight is 355 g/mol. The smallest absolute Gasteiger partial charge is 0.389 e. The molecule has 0 saturated heterocycles. The molecule has 2 N–H and O–H groups in total. The van der Waals surface area contributed by atoms with Gasteiger partial charge in [-0.1, -0.05) is 19.1 Å². The number of nitrogens with one attached hydrogen (secondary N) is 1. The minimum Gasteiger partial charge on any atom is -0.508 e. The van der Waals surface area contributed by atoms with Crippen molar-refractivity contribution in [1.82, 2.24) is 5.32 Å². The molecule has 0 bridgehead atoms. The van der Waals surface area contributed by atoms with Crippen molar-refractivity contribution in [3.63, 3.8) is 0 Å². The molecule has 0 aliphatic rings. The number of alkyl halides is 5. The molecular weight excluding hydrogens is 337 g/mol. The van der Waals surface area contributed by atoms with Crippen molar-refractivity contribution < 1.29 is 36.6 Å². The van der Waals surface area contributed by atoms with Crippen LogP contribution in [0, 0.1) is 5.92 Å². The Morgan fingerprint density at radius 2 is 2.00 bits per heavy atom. The van der Waals surface area contributed by atoms with Gasteiger partial charge in [0.1, 0.15) is 5.75 Å². The molecule has 9 heteroatoms. The average Bonchev–Trinajstić information content (AvgIpc) is 2.40. The molecule has 4 nitrogen and oxygen atoms in total. The molecule has 0 saturated carbocycles. The van der Waals surface area contributed by atoms with Crippen LogP contribution in [-0.2, 0) is 9.53 Å². The summed E-state index contributed by atoms with van der Waals surface area (Å²) in [6, 6.07) is 4.49. The second kappa shape index (κ2) is 8.81. The molecule has 0 aliphatic heterocycles. The SMILES string of the molecule is C[C@@H](CC(=O)N[C@@H](COC(F)F)c1cccc(O)c1)CC(F)(F)F. The zero-order valence-corrected chi connectivity index (χ0v) is 12.8. The highest BCUT2D eigenvalue weighted by molar-refractivity contribution is 5.76. The van der Waals surface area contributed by atoms with Crippen LogP contribution in [0.4, 0.5) is 22.0 Å². The van der Waals surface area contributed by atoms with Gasteiger partial charge in [0.15, 0.2) is 0 Å². The molecule has 1 rings (SSSR count). The van der Waals surface area contributed by atoms with Gasteiger partial charge in [0.05, 0.1) is 12.6 Å². The Hall–Kier alpha value is -1.90. The molecule has 0 heterocycles. The van der Waals surface area contributed by atoms with Crippen LogP contribution >= 0.6 is 0 Å². The Balaban J connectivity index is 2.72. The van der Waals surface area contributed by atoms with Gasteiger partial charge >= 0.3 is 12.8 Å². The van der Waals surface area contributed by atoms with Crippen LogP contribution < -0.4 is 5.32 Å². The molecule has 24 heavy (non-hydrogen) atoms. The number of carbonyl (C=O) groups is 1. The molecule has 0 fully saturated rings. The Labute approximate surface area is 135 Å². The summed E-state index contributed by atoms with van der Waals surface area (Å²) in [7, 11) is 0. The highest BCUT2D eigenvalue weighted by Gasteiger charge is 2.31. The van der Waals surface area contributed by atoms with Crippen molar-refractivity contribution in [2.75, 3.05) is 6.61 Å². The first-order valence-corrected chi connectivity index (χ1v) is 7.11. The van der Waals surface area contributed by atoms with Crippen LogP contribution in [0.5, 0.6) is 5.75 Å². The molecule has 1 aromatic rings. The van der Waals surface area contributed by atoms with Gasteiger partial charge in [-0.25, -0.2) is 0 Å². The normalized spacial score (nSPS) is 14.5. The zero-order chi connectivity index (χ0) is 18.3. The molecule has 1 amide bonds. The van der Waals surface area contributed by atoms with Gasteiger partial charge in [-0.05, 0) is 23.6 Å². The van der Waals surface area contributed by atoms with E-state index in [0.29, 0.717) is 5.56 Å². The largest absolute Gasteiger partial charge is 0.508 e. The Morgan fingerprint density at radius 3 is 2.54 bits per heavy atom. The van der Waals surface area contributed by atoms with Crippen LogP contribution in [0.2, 0.25) is 0 Å². The lowest BCUT2D eigenvalue weighted by Crippen LogP contribution is -2.33. The summed E-state index contributed by atoms with van der Waals surface area (Å²) in [4.78, 5) is 11.9. The van der Waals surface area contributed by atoms with Crippen LogP contribution in [-0.4, -0.2) is 30.4 Å². The number of amides is 1. The van der Waals surface area contributed by atoms with Crippen molar-refractivity contribution >= 4 is 5.91 Å². The van der Waals surface area contributed by atoms with Gasteiger partial charge in [-0.15, -0.1) is 0 Å². The summed E-state index contributed by atoms with van der Waals surface area (Å²) < 4.78 is 65.4.